The van der Waals surface area contributed by atoms with Crippen LogP contribution < -0.4 is 26.6 Å². The molecule has 1 heterocycles. The van der Waals surface area contributed by atoms with Gasteiger partial charge in [-0.15, -0.1) is 0 Å². The van der Waals surface area contributed by atoms with Crippen LogP contribution in [-0.4, -0.2) is 51.4 Å². The van der Waals surface area contributed by atoms with Gasteiger partial charge in [-0.25, -0.2) is 0 Å². The van der Waals surface area contributed by atoms with E-state index in [0.29, 0.717) is 0 Å². The van der Waals surface area contributed by atoms with Crippen LogP contribution in [0.1, 0.15) is 51.4 Å². The van der Waals surface area contributed by atoms with Crippen molar-refractivity contribution in [3.05, 3.63) is 24.3 Å². The molecule has 0 atom stereocenters. The molecule has 1 aliphatic carbocycles. The van der Waals surface area contributed by atoms with E-state index in [1.165, 1.54) is 94.3 Å². The van der Waals surface area contributed by atoms with E-state index in [2.05, 4.69) is 36.2 Å². The monoisotopic (exact) mass is 424 g/mol. The molecule has 148 valence electrons. The molecule has 4 heteroatoms. The SMILES string of the molecule is COc1ccc(N(CC[N+]2(C)CCCCC2)CC2CCCCC2)cc1.[Br-]. The molecule has 2 aliphatic rings. The molecule has 0 aromatic heterocycles. The van der Waals surface area contributed by atoms with Crippen molar-refractivity contribution in [1.29, 1.82) is 0 Å². The summed E-state index contributed by atoms with van der Waals surface area (Å²) >= 11 is 0. The van der Waals surface area contributed by atoms with E-state index < -0.39 is 0 Å². The average molecular weight is 425 g/mol. The lowest BCUT2D eigenvalue weighted by molar-refractivity contribution is -0.912. The summed E-state index contributed by atoms with van der Waals surface area (Å²) in [5.74, 6) is 1.83. The van der Waals surface area contributed by atoms with Gasteiger partial charge in [-0.05, 0) is 62.3 Å². The third-order valence-electron chi connectivity index (χ3n) is 6.45. The minimum absolute atomic E-state index is 0. The summed E-state index contributed by atoms with van der Waals surface area (Å²) in [7, 11) is 4.21. The predicted molar refractivity (Wildman–Crippen MR) is 106 cm³/mol. The maximum atomic E-state index is 5.35. The van der Waals surface area contributed by atoms with Gasteiger partial charge in [0.25, 0.3) is 0 Å². The van der Waals surface area contributed by atoms with Gasteiger partial charge in [0.05, 0.1) is 40.3 Å². The first-order chi connectivity index (χ1) is 12.2. The Balaban J connectivity index is 0.00000243. The molecule has 0 N–H and O–H groups in total. The topological polar surface area (TPSA) is 12.5 Å². The standard InChI is InChI=1S/C22H37N2O.BrH/c1-24(16-7-4-8-17-24)18-15-23(19-20-9-5-3-6-10-20)21-11-13-22(25-2)14-12-21;/h11-14,20H,3-10,15-19H2,1-2H3;1H/q+1;/p-1. The van der Waals surface area contributed by atoms with Crippen molar-refractivity contribution in [2.75, 3.05) is 51.8 Å². The quantitative estimate of drug-likeness (QED) is 0.617. The zero-order valence-electron chi connectivity index (χ0n) is 16.8. The summed E-state index contributed by atoms with van der Waals surface area (Å²) < 4.78 is 6.61. The van der Waals surface area contributed by atoms with Crippen molar-refractivity contribution >= 4 is 5.69 Å². The summed E-state index contributed by atoms with van der Waals surface area (Å²) in [6.45, 7) is 6.41. The van der Waals surface area contributed by atoms with E-state index in [1.54, 1.807) is 7.11 Å². The number of piperidine rings is 1. The third-order valence-corrected chi connectivity index (χ3v) is 6.45. The highest BCUT2D eigenvalue weighted by atomic mass is 79.9. The van der Waals surface area contributed by atoms with Crippen LogP contribution in [0.3, 0.4) is 0 Å². The summed E-state index contributed by atoms with van der Waals surface area (Å²) in [4.78, 5) is 2.66. The normalized spacial score (nSPS) is 20.2. The van der Waals surface area contributed by atoms with Crippen LogP contribution >= 0.6 is 0 Å². The number of nitrogens with zero attached hydrogens (tertiary/aromatic N) is 2. The highest BCUT2D eigenvalue weighted by Gasteiger charge is 2.26. The number of methoxy groups -OCH3 is 1. The number of hydrogen-bond acceptors (Lipinski definition) is 2. The number of likely N-dealkylation sites (tertiary alicyclic amines) is 1. The van der Waals surface area contributed by atoms with Crippen molar-refractivity contribution in [3.8, 4) is 5.75 Å². The highest BCUT2D eigenvalue weighted by Crippen LogP contribution is 2.28. The van der Waals surface area contributed by atoms with Crippen molar-refractivity contribution in [3.63, 3.8) is 0 Å². The van der Waals surface area contributed by atoms with Gasteiger partial charge in [0.1, 0.15) is 5.75 Å². The first kappa shape index (κ1) is 21.6. The Morgan fingerprint density at radius 2 is 1.58 bits per heavy atom. The largest absolute Gasteiger partial charge is 1.00 e. The predicted octanol–water partition coefficient (Wildman–Crippen LogP) is 1.72. The second-order valence-corrected chi connectivity index (χ2v) is 8.50. The van der Waals surface area contributed by atoms with E-state index in [0.717, 1.165) is 11.7 Å². The molecule has 0 unspecified atom stereocenters. The minimum atomic E-state index is 0. The number of likely N-dealkylation sites (N-methyl/N-ethyl adjacent to an activating group) is 1. The molecule has 0 spiro atoms. The highest BCUT2D eigenvalue weighted by molar-refractivity contribution is 5.49. The molecule has 3 nitrogen and oxygen atoms in total. The Bertz CT molecular complexity index is 507. The fraction of sp³-hybridized carbons (Fsp3) is 0.727. The van der Waals surface area contributed by atoms with Crippen LogP contribution in [0.2, 0.25) is 0 Å². The molecule has 0 radical (unpaired) electrons. The number of anilines is 1. The van der Waals surface area contributed by atoms with Gasteiger partial charge in [-0.3, -0.25) is 0 Å². The summed E-state index contributed by atoms with van der Waals surface area (Å²) in [5.41, 5.74) is 1.37. The first-order valence-electron chi connectivity index (χ1n) is 10.4. The Morgan fingerprint density at radius 3 is 2.19 bits per heavy atom. The third kappa shape index (κ3) is 6.16. The second kappa shape index (κ2) is 10.6. The fourth-order valence-corrected chi connectivity index (χ4v) is 4.66. The molecule has 1 saturated carbocycles. The number of hydrogen-bond donors (Lipinski definition) is 0. The van der Waals surface area contributed by atoms with Crippen LogP contribution in [0.15, 0.2) is 24.3 Å². The lowest BCUT2D eigenvalue weighted by atomic mass is 9.89. The molecule has 1 aliphatic heterocycles. The maximum absolute atomic E-state index is 5.35. The Kier molecular flexibility index (Phi) is 8.75. The minimum Gasteiger partial charge on any atom is -1.00 e. The van der Waals surface area contributed by atoms with Gasteiger partial charge in [-0.2, -0.15) is 0 Å². The van der Waals surface area contributed by atoms with E-state index in [1.807, 2.05) is 0 Å². The molecule has 1 saturated heterocycles. The zero-order valence-corrected chi connectivity index (χ0v) is 18.3. The Labute approximate surface area is 171 Å². The summed E-state index contributed by atoms with van der Waals surface area (Å²) in [5, 5.41) is 0. The lowest BCUT2D eigenvalue weighted by Crippen LogP contribution is -3.00. The van der Waals surface area contributed by atoms with Gasteiger partial charge >= 0.3 is 0 Å². The molecule has 0 amide bonds. The molecular formula is C22H37BrN2O. The van der Waals surface area contributed by atoms with E-state index >= 15 is 0 Å². The van der Waals surface area contributed by atoms with Crippen molar-refractivity contribution in [1.82, 2.24) is 0 Å². The smallest absolute Gasteiger partial charge is 0.119 e. The summed E-state index contributed by atoms with van der Waals surface area (Å²) in [6, 6.07) is 8.72. The zero-order chi connectivity index (χ0) is 17.5. The van der Waals surface area contributed by atoms with Gasteiger partial charge in [0.2, 0.25) is 0 Å². The van der Waals surface area contributed by atoms with Crippen LogP contribution in [-0.2, 0) is 0 Å². The van der Waals surface area contributed by atoms with Crippen molar-refractivity contribution in [2.24, 2.45) is 5.92 Å². The Hall–Kier alpha value is -0.740. The molecule has 0 bridgehead atoms. The molecule has 26 heavy (non-hydrogen) atoms. The van der Waals surface area contributed by atoms with Gasteiger partial charge in [0.15, 0.2) is 0 Å². The van der Waals surface area contributed by atoms with Crippen LogP contribution in [0, 0.1) is 5.92 Å². The molecule has 3 rings (SSSR count). The average Bonchev–Trinajstić information content (AvgIpc) is 2.67. The van der Waals surface area contributed by atoms with E-state index in [-0.39, 0.29) is 17.0 Å². The molecule has 1 aromatic rings. The van der Waals surface area contributed by atoms with Crippen molar-refractivity contribution < 1.29 is 26.2 Å². The number of halogens is 1. The number of rotatable bonds is 7. The van der Waals surface area contributed by atoms with Gasteiger partial charge < -0.3 is 31.1 Å². The van der Waals surface area contributed by atoms with E-state index in [4.69, 9.17) is 4.74 Å². The first-order valence-corrected chi connectivity index (χ1v) is 10.4. The van der Waals surface area contributed by atoms with E-state index in [9.17, 15) is 0 Å². The fourth-order valence-electron chi connectivity index (χ4n) is 4.66. The molecular weight excluding hydrogens is 388 g/mol. The number of benzene rings is 1. The van der Waals surface area contributed by atoms with Crippen molar-refractivity contribution in [2.45, 2.75) is 51.4 Å². The van der Waals surface area contributed by atoms with Crippen LogP contribution in [0.5, 0.6) is 5.75 Å². The molecule has 1 aromatic carbocycles. The maximum Gasteiger partial charge on any atom is 0.119 e. The molecule has 2 fully saturated rings. The van der Waals surface area contributed by atoms with Gasteiger partial charge in [0, 0.05) is 12.2 Å². The Morgan fingerprint density at radius 1 is 0.962 bits per heavy atom. The number of ether oxygens (including phenoxy) is 1. The van der Waals surface area contributed by atoms with Crippen LogP contribution in [0.4, 0.5) is 5.69 Å². The summed E-state index contributed by atoms with van der Waals surface area (Å²) in [6.07, 6.45) is 11.4. The lowest BCUT2D eigenvalue weighted by Gasteiger charge is -2.40. The van der Waals surface area contributed by atoms with Gasteiger partial charge in [-0.1, -0.05) is 19.3 Å². The number of quaternary nitrogens is 1. The second-order valence-electron chi connectivity index (χ2n) is 8.50. The van der Waals surface area contributed by atoms with Crippen LogP contribution in [0.25, 0.3) is 0 Å².